The second-order valence-corrected chi connectivity index (χ2v) is 7.99. The van der Waals surface area contributed by atoms with Gasteiger partial charge in [-0.05, 0) is 61.8 Å². The molecular weight excluding hydrogens is 456 g/mol. The molecule has 0 saturated carbocycles. The normalized spacial score (nSPS) is 18.0. The Bertz CT molecular complexity index is 940. The van der Waals surface area contributed by atoms with Crippen molar-refractivity contribution >= 4 is 51.6 Å². The summed E-state index contributed by atoms with van der Waals surface area (Å²) in [4.78, 5) is 26.7. The third-order valence-electron chi connectivity index (χ3n) is 5.03. The summed E-state index contributed by atoms with van der Waals surface area (Å²) < 4.78 is 0.781. The number of nitrogens with zero attached hydrogens (tertiary/aromatic N) is 2. The second kappa shape index (κ2) is 9.52. The minimum Gasteiger partial charge on any atom is -0.299 e. The zero-order valence-electron chi connectivity index (χ0n) is 15.8. The first kappa shape index (κ1) is 21.5. The van der Waals surface area contributed by atoms with Crippen LogP contribution < -0.4 is 10.7 Å². The molecule has 8 heteroatoms. The van der Waals surface area contributed by atoms with Crippen molar-refractivity contribution in [2.75, 3.05) is 18.5 Å². The number of piperidine rings is 1. The molecule has 0 unspecified atom stereocenters. The van der Waals surface area contributed by atoms with Crippen molar-refractivity contribution in [1.29, 1.82) is 0 Å². The number of hydrazone groups is 1. The van der Waals surface area contributed by atoms with E-state index in [0.29, 0.717) is 11.1 Å². The first-order valence-corrected chi connectivity index (χ1v) is 10.2. The SMILES string of the molecule is Cl.O=C1NC(=O)c2ccc(Br)cc2C1=NNc1ccc(CN2CCCCC2)cc1. The summed E-state index contributed by atoms with van der Waals surface area (Å²) in [6.45, 7) is 3.29. The lowest BCUT2D eigenvalue weighted by Gasteiger charge is -2.26. The number of imide groups is 1. The number of likely N-dealkylation sites (tertiary alicyclic amines) is 1. The highest BCUT2D eigenvalue weighted by atomic mass is 79.9. The molecule has 0 aliphatic carbocycles. The van der Waals surface area contributed by atoms with Crippen LogP contribution >= 0.6 is 28.3 Å². The molecule has 0 spiro atoms. The number of halogens is 2. The van der Waals surface area contributed by atoms with Gasteiger partial charge in [0.25, 0.3) is 11.8 Å². The Labute approximate surface area is 184 Å². The van der Waals surface area contributed by atoms with E-state index < -0.39 is 11.8 Å². The summed E-state index contributed by atoms with van der Waals surface area (Å²) >= 11 is 3.38. The van der Waals surface area contributed by atoms with Crippen LogP contribution in [0.5, 0.6) is 0 Å². The molecule has 4 rings (SSSR count). The van der Waals surface area contributed by atoms with Crippen molar-refractivity contribution in [2.45, 2.75) is 25.8 Å². The molecule has 1 saturated heterocycles. The Morgan fingerprint density at radius 2 is 1.69 bits per heavy atom. The van der Waals surface area contributed by atoms with Crippen molar-refractivity contribution in [3.63, 3.8) is 0 Å². The number of hydrogen-bond acceptors (Lipinski definition) is 5. The van der Waals surface area contributed by atoms with Crippen LogP contribution in [0.2, 0.25) is 0 Å². The summed E-state index contributed by atoms with van der Waals surface area (Å²) in [5.41, 5.74) is 6.12. The lowest BCUT2D eigenvalue weighted by molar-refractivity contribution is -0.114. The lowest BCUT2D eigenvalue weighted by Crippen LogP contribution is -2.42. The van der Waals surface area contributed by atoms with Crippen LogP contribution in [-0.4, -0.2) is 35.5 Å². The van der Waals surface area contributed by atoms with Gasteiger partial charge < -0.3 is 0 Å². The van der Waals surface area contributed by atoms with E-state index in [1.54, 1.807) is 18.2 Å². The molecule has 29 heavy (non-hydrogen) atoms. The fourth-order valence-corrected chi connectivity index (χ4v) is 3.92. The van der Waals surface area contributed by atoms with Crippen LogP contribution in [0, 0.1) is 0 Å². The Kier molecular flexibility index (Phi) is 7.05. The topological polar surface area (TPSA) is 73.8 Å². The Morgan fingerprint density at radius 1 is 0.966 bits per heavy atom. The monoisotopic (exact) mass is 476 g/mol. The number of amides is 2. The maximum Gasteiger partial charge on any atom is 0.279 e. The predicted molar refractivity (Wildman–Crippen MR) is 120 cm³/mol. The molecule has 2 aromatic rings. The Morgan fingerprint density at radius 3 is 2.41 bits per heavy atom. The molecule has 2 heterocycles. The fourth-order valence-electron chi connectivity index (χ4n) is 3.55. The largest absolute Gasteiger partial charge is 0.299 e. The van der Waals surface area contributed by atoms with Crippen LogP contribution in [0.25, 0.3) is 0 Å². The van der Waals surface area contributed by atoms with Gasteiger partial charge in [-0.15, -0.1) is 12.4 Å². The summed E-state index contributed by atoms with van der Waals surface area (Å²) in [5.74, 6) is -0.918. The maximum atomic E-state index is 12.3. The van der Waals surface area contributed by atoms with Gasteiger partial charge in [0.05, 0.1) is 5.69 Å². The zero-order valence-corrected chi connectivity index (χ0v) is 18.2. The second-order valence-electron chi connectivity index (χ2n) is 7.08. The van der Waals surface area contributed by atoms with Crippen LogP contribution in [0.1, 0.15) is 40.7 Å². The van der Waals surface area contributed by atoms with E-state index in [2.05, 4.69) is 48.8 Å². The smallest absolute Gasteiger partial charge is 0.279 e. The first-order valence-electron chi connectivity index (χ1n) is 9.41. The van der Waals surface area contributed by atoms with Gasteiger partial charge in [0.1, 0.15) is 0 Å². The molecule has 2 N–H and O–H groups in total. The summed E-state index contributed by atoms with van der Waals surface area (Å²) in [5, 5.41) is 6.59. The highest BCUT2D eigenvalue weighted by Gasteiger charge is 2.29. The molecule has 2 amide bonds. The standard InChI is InChI=1S/C21H21BrN4O2.ClH/c22-15-6-9-17-18(12-15)19(21(28)23-20(17)27)25-24-16-7-4-14(5-8-16)13-26-10-2-1-3-11-26;/h4-9,12,24H,1-3,10-11,13H2,(H,23,27,28);1H. The van der Waals surface area contributed by atoms with E-state index in [9.17, 15) is 9.59 Å². The molecular formula is C21H22BrClN4O2. The van der Waals surface area contributed by atoms with Gasteiger partial charge >= 0.3 is 0 Å². The van der Waals surface area contributed by atoms with Gasteiger partial charge in [-0.25, -0.2) is 0 Å². The van der Waals surface area contributed by atoms with E-state index in [-0.39, 0.29) is 18.1 Å². The van der Waals surface area contributed by atoms with Crippen molar-refractivity contribution in [1.82, 2.24) is 10.2 Å². The van der Waals surface area contributed by atoms with Crippen LogP contribution in [0.15, 0.2) is 52.0 Å². The minimum atomic E-state index is -0.509. The third kappa shape index (κ3) is 5.04. The quantitative estimate of drug-likeness (QED) is 0.517. The van der Waals surface area contributed by atoms with E-state index in [0.717, 1.165) is 29.8 Å². The number of carbonyl (C=O) groups is 2. The van der Waals surface area contributed by atoms with Gasteiger partial charge in [0.15, 0.2) is 5.71 Å². The molecule has 0 radical (unpaired) electrons. The molecule has 2 aliphatic rings. The van der Waals surface area contributed by atoms with Gasteiger partial charge in [-0.2, -0.15) is 5.10 Å². The van der Waals surface area contributed by atoms with Crippen LogP contribution in [-0.2, 0) is 11.3 Å². The molecule has 152 valence electrons. The van der Waals surface area contributed by atoms with Gasteiger partial charge in [0, 0.05) is 22.1 Å². The van der Waals surface area contributed by atoms with E-state index in [4.69, 9.17) is 0 Å². The van der Waals surface area contributed by atoms with E-state index in [1.165, 1.54) is 24.8 Å². The number of hydrogen-bond donors (Lipinski definition) is 2. The van der Waals surface area contributed by atoms with Gasteiger partial charge in [-0.3, -0.25) is 25.2 Å². The van der Waals surface area contributed by atoms with E-state index >= 15 is 0 Å². The van der Waals surface area contributed by atoms with Gasteiger partial charge in [-0.1, -0.05) is 34.5 Å². The highest BCUT2D eigenvalue weighted by molar-refractivity contribution is 9.10. The van der Waals surface area contributed by atoms with Crippen molar-refractivity contribution in [2.24, 2.45) is 5.10 Å². The highest BCUT2D eigenvalue weighted by Crippen LogP contribution is 2.21. The van der Waals surface area contributed by atoms with Crippen molar-refractivity contribution in [3.8, 4) is 0 Å². The molecule has 0 bridgehead atoms. The average Bonchev–Trinajstić information content (AvgIpc) is 2.69. The number of nitrogens with one attached hydrogen (secondary N) is 2. The summed E-state index contributed by atoms with van der Waals surface area (Å²) in [7, 11) is 0. The maximum absolute atomic E-state index is 12.3. The summed E-state index contributed by atoms with van der Waals surface area (Å²) in [6, 6.07) is 13.2. The number of fused-ring (bicyclic) bond motifs is 1. The van der Waals surface area contributed by atoms with Crippen LogP contribution in [0.3, 0.4) is 0 Å². The van der Waals surface area contributed by atoms with E-state index in [1.807, 2.05) is 12.1 Å². The number of benzene rings is 2. The average molecular weight is 478 g/mol. The Hall–Kier alpha value is -2.22. The molecule has 2 aliphatic heterocycles. The van der Waals surface area contributed by atoms with Crippen molar-refractivity contribution < 1.29 is 9.59 Å². The Balaban J connectivity index is 0.00000240. The van der Waals surface area contributed by atoms with Gasteiger partial charge in [0.2, 0.25) is 0 Å². The molecule has 1 fully saturated rings. The zero-order chi connectivity index (χ0) is 19.5. The lowest BCUT2D eigenvalue weighted by atomic mass is 9.98. The minimum absolute atomic E-state index is 0. The molecule has 0 atom stereocenters. The number of carbonyl (C=O) groups excluding carboxylic acids is 2. The molecule has 2 aromatic carbocycles. The summed E-state index contributed by atoms with van der Waals surface area (Å²) in [6.07, 6.45) is 3.89. The fraction of sp³-hybridized carbons (Fsp3) is 0.286. The number of rotatable bonds is 4. The molecule has 6 nitrogen and oxygen atoms in total. The first-order chi connectivity index (χ1) is 13.6. The third-order valence-corrected chi connectivity index (χ3v) is 5.52. The van der Waals surface area contributed by atoms with Crippen molar-refractivity contribution in [3.05, 3.63) is 63.6 Å². The van der Waals surface area contributed by atoms with Crippen LogP contribution in [0.4, 0.5) is 5.69 Å². The number of anilines is 1. The predicted octanol–water partition coefficient (Wildman–Crippen LogP) is 3.94. The molecule has 0 aromatic heterocycles.